The highest BCUT2D eigenvalue weighted by Gasteiger charge is 2.31. The average molecular weight is 296 g/mol. The standard InChI is InChI=1S/C14H14ClNO2S/c15-13-9-4-1-2-6-11(9)19-12(13)8-16-7-3-5-10(16)14(17)18/h1-2,4,6,10H,3,5,7-8H2,(H,17,18). The highest BCUT2D eigenvalue weighted by molar-refractivity contribution is 7.19. The molecule has 0 radical (unpaired) electrons. The Labute approximate surface area is 120 Å². The van der Waals surface area contributed by atoms with Crippen molar-refractivity contribution >= 4 is 39.0 Å². The molecule has 5 heteroatoms. The summed E-state index contributed by atoms with van der Waals surface area (Å²) < 4.78 is 1.16. The number of hydrogen-bond acceptors (Lipinski definition) is 3. The van der Waals surface area contributed by atoms with Crippen molar-refractivity contribution in [1.29, 1.82) is 0 Å². The molecule has 1 aromatic heterocycles. The molecule has 0 saturated carbocycles. The SMILES string of the molecule is O=C(O)C1CCCN1Cc1sc2ccccc2c1Cl. The van der Waals surface area contributed by atoms with Gasteiger partial charge in [0.1, 0.15) is 6.04 Å². The molecule has 0 aliphatic carbocycles. The van der Waals surface area contributed by atoms with Crippen LogP contribution in [0.5, 0.6) is 0 Å². The lowest BCUT2D eigenvalue weighted by Crippen LogP contribution is -2.35. The van der Waals surface area contributed by atoms with Crippen LogP contribution in [0, 0.1) is 0 Å². The molecule has 1 atom stereocenters. The van der Waals surface area contributed by atoms with Crippen molar-refractivity contribution in [2.24, 2.45) is 0 Å². The minimum Gasteiger partial charge on any atom is -0.480 e. The number of fused-ring (bicyclic) bond motifs is 1. The molecule has 3 nitrogen and oxygen atoms in total. The molecule has 100 valence electrons. The second-order valence-electron chi connectivity index (χ2n) is 4.80. The predicted molar refractivity (Wildman–Crippen MR) is 77.9 cm³/mol. The zero-order valence-corrected chi connectivity index (χ0v) is 11.9. The number of rotatable bonds is 3. The number of carboxylic acids is 1. The topological polar surface area (TPSA) is 40.5 Å². The van der Waals surface area contributed by atoms with Crippen LogP contribution in [0.4, 0.5) is 0 Å². The van der Waals surface area contributed by atoms with E-state index in [1.807, 2.05) is 29.2 Å². The van der Waals surface area contributed by atoms with E-state index in [9.17, 15) is 9.90 Å². The van der Waals surface area contributed by atoms with Crippen molar-refractivity contribution in [2.45, 2.75) is 25.4 Å². The van der Waals surface area contributed by atoms with Crippen LogP contribution in [0.15, 0.2) is 24.3 Å². The highest BCUT2D eigenvalue weighted by Crippen LogP contribution is 2.36. The van der Waals surface area contributed by atoms with E-state index >= 15 is 0 Å². The summed E-state index contributed by atoms with van der Waals surface area (Å²) in [5.41, 5.74) is 0. The van der Waals surface area contributed by atoms with Crippen LogP contribution in [0.3, 0.4) is 0 Å². The van der Waals surface area contributed by atoms with Crippen LogP contribution in [-0.4, -0.2) is 28.6 Å². The molecule has 1 aliphatic rings. The van der Waals surface area contributed by atoms with Crippen LogP contribution in [0.1, 0.15) is 17.7 Å². The lowest BCUT2D eigenvalue weighted by atomic mass is 10.2. The smallest absolute Gasteiger partial charge is 0.320 e. The molecule has 19 heavy (non-hydrogen) atoms. The Morgan fingerprint density at radius 3 is 3.00 bits per heavy atom. The summed E-state index contributed by atoms with van der Waals surface area (Å²) in [5.74, 6) is -0.727. The summed E-state index contributed by atoms with van der Waals surface area (Å²) >= 11 is 8.06. The molecule has 1 aliphatic heterocycles. The second-order valence-corrected chi connectivity index (χ2v) is 6.32. The summed E-state index contributed by atoms with van der Waals surface area (Å²) in [7, 11) is 0. The molecular weight excluding hydrogens is 282 g/mol. The first kappa shape index (κ1) is 12.9. The Morgan fingerprint density at radius 2 is 2.26 bits per heavy atom. The van der Waals surface area contributed by atoms with Crippen molar-refractivity contribution in [1.82, 2.24) is 4.90 Å². The zero-order chi connectivity index (χ0) is 13.4. The normalized spacial score (nSPS) is 20.2. The van der Waals surface area contributed by atoms with E-state index in [-0.39, 0.29) is 6.04 Å². The lowest BCUT2D eigenvalue weighted by Gasteiger charge is -2.20. The van der Waals surface area contributed by atoms with Gasteiger partial charge in [-0.2, -0.15) is 0 Å². The van der Waals surface area contributed by atoms with E-state index < -0.39 is 5.97 Å². The summed E-state index contributed by atoms with van der Waals surface area (Å²) in [6.07, 6.45) is 1.68. The van der Waals surface area contributed by atoms with Gasteiger partial charge in [0.25, 0.3) is 0 Å². The van der Waals surface area contributed by atoms with E-state index in [1.54, 1.807) is 11.3 Å². The van der Waals surface area contributed by atoms with Crippen molar-refractivity contribution in [3.63, 3.8) is 0 Å². The number of halogens is 1. The Bertz CT molecular complexity index is 625. The summed E-state index contributed by atoms with van der Waals surface area (Å²) in [4.78, 5) is 14.3. The van der Waals surface area contributed by atoms with Gasteiger partial charge in [-0.1, -0.05) is 29.8 Å². The molecule has 1 aromatic carbocycles. The fraction of sp³-hybridized carbons (Fsp3) is 0.357. The molecule has 0 spiro atoms. The first-order chi connectivity index (χ1) is 9.16. The van der Waals surface area contributed by atoms with E-state index in [0.717, 1.165) is 39.4 Å². The van der Waals surface area contributed by atoms with Crippen LogP contribution in [-0.2, 0) is 11.3 Å². The number of benzene rings is 1. The van der Waals surface area contributed by atoms with Crippen LogP contribution in [0.25, 0.3) is 10.1 Å². The molecule has 2 aromatic rings. The molecular formula is C14H14ClNO2S. The van der Waals surface area contributed by atoms with Gasteiger partial charge >= 0.3 is 5.97 Å². The third kappa shape index (κ3) is 2.36. The van der Waals surface area contributed by atoms with Crippen molar-refractivity contribution < 1.29 is 9.90 Å². The summed E-state index contributed by atoms with van der Waals surface area (Å²) in [6.45, 7) is 1.47. The van der Waals surface area contributed by atoms with E-state index in [4.69, 9.17) is 11.6 Å². The third-order valence-corrected chi connectivity index (χ3v) is 5.30. The first-order valence-corrected chi connectivity index (χ1v) is 7.49. The molecule has 1 unspecified atom stereocenters. The number of nitrogens with zero attached hydrogens (tertiary/aromatic N) is 1. The molecule has 0 bridgehead atoms. The number of carboxylic acid groups (broad SMARTS) is 1. The Hall–Kier alpha value is -1.10. The lowest BCUT2D eigenvalue weighted by molar-refractivity contribution is -0.142. The number of hydrogen-bond donors (Lipinski definition) is 1. The Kier molecular flexibility index (Phi) is 3.48. The highest BCUT2D eigenvalue weighted by atomic mass is 35.5. The van der Waals surface area contributed by atoms with Gasteiger partial charge in [0.2, 0.25) is 0 Å². The van der Waals surface area contributed by atoms with Gasteiger partial charge in [-0.05, 0) is 25.5 Å². The minimum atomic E-state index is -0.727. The van der Waals surface area contributed by atoms with Crippen molar-refractivity contribution in [3.8, 4) is 0 Å². The van der Waals surface area contributed by atoms with Gasteiger partial charge in [-0.25, -0.2) is 0 Å². The monoisotopic (exact) mass is 295 g/mol. The van der Waals surface area contributed by atoms with Gasteiger partial charge in [0.05, 0.1) is 5.02 Å². The minimum absolute atomic E-state index is 0.360. The number of likely N-dealkylation sites (tertiary alicyclic amines) is 1. The van der Waals surface area contributed by atoms with E-state index in [0.29, 0.717) is 6.54 Å². The van der Waals surface area contributed by atoms with Crippen LogP contribution in [0.2, 0.25) is 5.02 Å². The van der Waals surface area contributed by atoms with Gasteiger partial charge in [0, 0.05) is 21.5 Å². The van der Waals surface area contributed by atoms with Crippen molar-refractivity contribution in [2.75, 3.05) is 6.54 Å². The third-order valence-electron chi connectivity index (χ3n) is 3.60. The zero-order valence-electron chi connectivity index (χ0n) is 10.3. The van der Waals surface area contributed by atoms with E-state index in [2.05, 4.69) is 0 Å². The number of carbonyl (C=O) groups is 1. The fourth-order valence-corrected chi connectivity index (χ4v) is 4.16. The molecule has 1 fully saturated rings. The maximum absolute atomic E-state index is 11.2. The Balaban J connectivity index is 1.89. The maximum atomic E-state index is 11.2. The summed E-state index contributed by atoms with van der Waals surface area (Å²) in [6, 6.07) is 7.67. The average Bonchev–Trinajstić information content (AvgIpc) is 2.97. The number of thiophene rings is 1. The Morgan fingerprint density at radius 1 is 1.47 bits per heavy atom. The fourth-order valence-electron chi connectivity index (χ4n) is 2.65. The molecule has 3 rings (SSSR count). The maximum Gasteiger partial charge on any atom is 0.320 e. The largest absolute Gasteiger partial charge is 0.480 e. The van der Waals surface area contributed by atoms with Crippen LogP contribution < -0.4 is 0 Å². The van der Waals surface area contributed by atoms with Gasteiger partial charge < -0.3 is 5.11 Å². The molecule has 1 saturated heterocycles. The quantitative estimate of drug-likeness (QED) is 0.940. The summed E-state index contributed by atoms with van der Waals surface area (Å²) in [5, 5.41) is 11.0. The van der Waals surface area contributed by atoms with Gasteiger partial charge in [-0.3, -0.25) is 9.69 Å². The van der Waals surface area contributed by atoms with Crippen molar-refractivity contribution in [3.05, 3.63) is 34.2 Å². The predicted octanol–water partition coefficient (Wildman–Crippen LogP) is 3.60. The van der Waals surface area contributed by atoms with E-state index in [1.165, 1.54) is 0 Å². The number of aliphatic carboxylic acids is 1. The van der Waals surface area contributed by atoms with Gasteiger partial charge in [0.15, 0.2) is 0 Å². The molecule has 1 N–H and O–H groups in total. The van der Waals surface area contributed by atoms with Crippen LogP contribution >= 0.6 is 22.9 Å². The van der Waals surface area contributed by atoms with Gasteiger partial charge in [-0.15, -0.1) is 11.3 Å². The molecule has 0 amide bonds. The second kappa shape index (κ2) is 5.12. The molecule has 2 heterocycles. The first-order valence-electron chi connectivity index (χ1n) is 6.29.